The van der Waals surface area contributed by atoms with E-state index in [1.807, 2.05) is 0 Å². The average Bonchev–Trinajstić information content (AvgIpc) is 2.13. The maximum Gasteiger partial charge on any atom is 0.410 e. The minimum Gasteiger partial charge on any atom is -0.320 e. The van der Waals surface area contributed by atoms with Gasteiger partial charge in [0, 0.05) is 0 Å². The summed E-state index contributed by atoms with van der Waals surface area (Å²) in [6, 6.07) is 0. The Hall–Kier alpha value is -0.450. The fourth-order valence-electron chi connectivity index (χ4n) is 0.622. The molecule has 0 N–H and O–H groups in total. The molecule has 0 unspecified atom stereocenters. The zero-order chi connectivity index (χ0) is 14.6. The Bertz CT molecular complexity index is 231. The van der Waals surface area contributed by atoms with Crippen molar-refractivity contribution in [2.24, 2.45) is 0 Å². The van der Waals surface area contributed by atoms with Crippen LogP contribution in [0.3, 0.4) is 0 Å². The van der Waals surface area contributed by atoms with Gasteiger partial charge in [0.2, 0.25) is 6.61 Å². The van der Waals surface area contributed by atoms with E-state index < -0.39 is 45.5 Å². The first-order valence-corrected chi connectivity index (χ1v) is 4.82. The van der Waals surface area contributed by atoms with Gasteiger partial charge in [-0.2, -0.15) is 14.0 Å². The fraction of sp³-hybridized carbons (Fsp3) is 1.00. The normalized spacial score (nSPS) is 14.0. The Balaban J connectivity index is 4.53. The number of rotatable bonds is 8. The summed E-state index contributed by atoms with van der Waals surface area (Å²) in [5, 5.41) is -8.05. The fourth-order valence-corrected chi connectivity index (χ4v) is 0.874. The monoisotopic (exact) mass is 311 g/mol. The zero-order valence-corrected chi connectivity index (χ0v) is 8.70. The van der Waals surface area contributed by atoms with Crippen molar-refractivity contribution < 1.29 is 60.1 Å². The van der Waals surface area contributed by atoms with Gasteiger partial charge < -0.3 is 4.74 Å². The molecule has 15 heteroatoms. The summed E-state index contributed by atoms with van der Waals surface area (Å²) in [4.78, 5) is 0. The highest BCUT2D eigenvalue weighted by Gasteiger charge is 2.58. The van der Waals surface area contributed by atoms with Crippen LogP contribution in [0.15, 0.2) is 0 Å². The first kappa shape index (κ1) is 17.6. The van der Waals surface area contributed by atoms with Gasteiger partial charge in [-0.05, 0) is 0 Å². The highest BCUT2D eigenvalue weighted by molar-refractivity contribution is 4.55. The van der Waals surface area contributed by atoms with Gasteiger partial charge in [0.15, 0.2) is 0 Å². The summed E-state index contributed by atoms with van der Waals surface area (Å²) in [6.07, 6.45) is 0. The molecule has 0 aliphatic carbocycles. The molecule has 110 valence electrons. The number of nitrogens with zero attached hydrogens (tertiary/aromatic N) is 3. The lowest BCUT2D eigenvalue weighted by Crippen LogP contribution is -2.62. The third kappa shape index (κ3) is 4.67. The van der Waals surface area contributed by atoms with Crippen molar-refractivity contribution in [3.63, 3.8) is 0 Å². The second-order valence-corrected chi connectivity index (χ2v) is 3.29. The molecule has 0 aromatic carbocycles. The lowest BCUT2D eigenvalue weighted by Gasteiger charge is -2.30. The summed E-state index contributed by atoms with van der Waals surface area (Å²) in [6.45, 7) is -2.81. The lowest BCUT2D eigenvalue weighted by atomic mass is 10.7. The van der Waals surface area contributed by atoms with E-state index in [9.17, 15) is 40.9 Å². The molecule has 0 saturated carbocycles. The van der Waals surface area contributed by atoms with Crippen LogP contribution in [0.1, 0.15) is 0 Å². The molecule has 0 radical (unpaired) electrons. The van der Waals surface area contributed by atoms with Gasteiger partial charge >= 0.3 is 5.97 Å². The van der Waals surface area contributed by atoms with Gasteiger partial charge in [0.1, 0.15) is 0 Å². The summed E-state index contributed by atoms with van der Waals surface area (Å²) in [5.74, 6) is -4.85. The van der Waals surface area contributed by atoms with Gasteiger partial charge in [-0.3, -0.25) is 0 Å². The van der Waals surface area contributed by atoms with E-state index in [4.69, 9.17) is 0 Å². The number of hydrogen-bond donors (Lipinski definition) is 0. The highest BCUT2D eigenvalue weighted by Crippen LogP contribution is 2.30. The molecule has 0 aliphatic heterocycles. The largest absolute Gasteiger partial charge is 0.410 e. The van der Waals surface area contributed by atoms with Gasteiger partial charge in [0.05, 0.1) is 37.2 Å². The van der Waals surface area contributed by atoms with Crippen LogP contribution in [0.5, 0.6) is 0 Å². The Morgan fingerprint density at radius 2 is 1.22 bits per heavy atom. The SMILES string of the molecule is [O-][Cl+3]([O-])([O-])OCCOC(N(F)F)(N(F)F)N(F)F. The first-order valence-electron chi connectivity index (χ1n) is 3.58. The second-order valence-electron chi connectivity index (χ2n) is 2.31. The number of ether oxygens (including phenoxy) is 1. The molecular formula is C3H4ClF6N3O5. The van der Waals surface area contributed by atoms with Crippen LogP contribution in [0.4, 0.5) is 26.9 Å². The summed E-state index contributed by atoms with van der Waals surface area (Å²) in [5.41, 5.74) is 0. The number of hydrogen-bond acceptors (Lipinski definition) is 8. The van der Waals surface area contributed by atoms with Crippen LogP contribution in [-0.2, 0) is 9.03 Å². The quantitative estimate of drug-likeness (QED) is 0.214. The smallest absolute Gasteiger partial charge is 0.320 e. The van der Waals surface area contributed by atoms with Crippen molar-refractivity contribution in [1.82, 2.24) is 16.0 Å². The zero-order valence-electron chi connectivity index (χ0n) is 7.94. The Morgan fingerprint density at radius 1 is 0.833 bits per heavy atom. The molecule has 8 nitrogen and oxygen atoms in total. The molecule has 0 bridgehead atoms. The van der Waals surface area contributed by atoms with E-state index in [0.29, 0.717) is 0 Å². The Kier molecular flexibility index (Phi) is 6.47. The molecular weight excluding hydrogens is 307 g/mol. The minimum atomic E-state index is -4.97. The highest BCUT2D eigenvalue weighted by atomic mass is 35.7. The topological polar surface area (TPSA) is 97.4 Å². The molecule has 0 atom stereocenters. The predicted octanol–water partition coefficient (Wildman–Crippen LogP) is -2.26. The molecule has 0 aromatic heterocycles. The van der Waals surface area contributed by atoms with Crippen LogP contribution < -0.4 is 14.0 Å². The van der Waals surface area contributed by atoms with E-state index in [1.165, 1.54) is 0 Å². The van der Waals surface area contributed by atoms with E-state index in [-0.39, 0.29) is 0 Å². The lowest BCUT2D eigenvalue weighted by molar-refractivity contribution is -1.92. The summed E-state index contributed by atoms with van der Waals surface area (Å²) < 4.78 is 108. The van der Waals surface area contributed by atoms with Crippen molar-refractivity contribution in [1.29, 1.82) is 0 Å². The van der Waals surface area contributed by atoms with Crippen molar-refractivity contribution in [3.05, 3.63) is 0 Å². The minimum absolute atomic E-state index is 1.33. The number of halogens is 7. The molecule has 0 amide bonds. The van der Waals surface area contributed by atoms with Crippen LogP contribution in [0, 0.1) is 10.2 Å². The summed E-state index contributed by atoms with van der Waals surface area (Å²) in [7, 11) is -4.97. The molecule has 0 aromatic rings. The predicted molar refractivity (Wildman–Crippen MR) is 26.8 cm³/mol. The maximum atomic E-state index is 12.0. The molecule has 0 heterocycles. The van der Waals surface area contributed by atoms with E-state index in [1.54, 1.807) is 0 Å². The second kappa shape index (κ2) is 6.64. The van der Waals surface area contributed by atoms with Gasteiger partial charge in [-0.15, -0.1) is 0 Å². The molecule has 0 aliphatic rings. The van der Waals surface area contributed by atoms with Crippen molar-refractivity contribution in [3.8, 4) is 0 Å². The standard InChI is InChI=1S/C3H4ClF6N3O5/c5-11(6)3(12(7)8,13(9)10)17-1-2-18-4(14,15)16/h1-2H2. The van der Waals surface area contributed by atoms with Crippen LogP contribution in [-0.4, -0.2) is 35.2 Å². The van der Waals surface area contributed by atoms with Crippen LogP contribution >= 0.6 is 0 Å². The van der Waals surface area contributed by atoms with Gasteiger partial charge in [-0.1, -0.05) is 26.9 Å². The van der Waals surface area contributed by atoms with Gasteiger partial charge in [0.25, 0.3) is 0 Å². The van der Waals surface area contributed by atoms with Crippen LogP contribution in [0.2, 0.25) is 0 Å². The van der Waals surface area contributed by atoms with E-state index in [0.717, 1.165) is 0 Å². The van der Waals surface area contributed by atoms with E-state index >= 15 is 0 Å². The van der Waals surface area contributed by atoms with Crippen molar-refractivity contribution in [2.45, 2.75) is 5.97 Å². The van der Waals surface area contributed by atoms with Gasteiger partial charge in [-0.25, -0.2) is 0 Å². The third-order valence-corrected chi connectivity index (χ3v) is 1.67. The molecule has 0 rings (SSSR count). The first-order chi connectivity index (χ1) is 8.04. The molecule has 0 saturated heterocycles. The average molecular weight is 312 g/mol. The maximum absolute atomic E-state index is 12.0. The Labute approximate surface area is 96.4 Å². The van der Waals surface area contributed by atoms with Crippen LogP contribution in [0.25, 0.3) is 0 Å². The Morgan fingerprint density at radius 3 is 1.50 bits per heavy atom. The molecule has 0 spiro atoms. The molecule has 18 heavy (non-hydrogen) atoms. The van der Waals surface area contributed by atoms with Crippen molar-refractivity contribution in [2.75, 3.05) is 13.2 Å². The third-order valence-electron chi connectivity index (χ3n) is 1.25. The summed E-state index contributed by atoms with van der Waals surface area (Å²) >= 11 is 0. The van der Waals surface area contributed by atoms with E-state index in [2.05, 4.69) is 9.03 Å². The molecule has 0 fully saturated rings. The van der Waals surface area contributed by atoms with Crippen molar-refractivity contribution >= 4 is 0 Å².